The van der Waals surface area contributed by atoms with Crippen LogP contribution in [0.1, 0.15) is 12.8 Å². The maximum absolute atomic E-state index is 9.83. The average molecular weight is 264 g/mol. The molecule has 4 heteroatoms. The van der Waals surface area contributed by atoms with Gasteiger partial charge in [0.05, 0.1) is 7.11 Å². The molecule has 0 amide bonds. The molecule has 19 heavy (non-hydrogen) atoms. The normalized spacial score (nSPS) is 16.9. The van der Waals surface area contributed by atoms with Gasteiger partial charge in [-0.1, -0.05) is 0 Å². The Labute approximate surface area is 115 Å². The highest BCUT2D eigenvalue weighted by atomic mass is 16.5. The largest absolute Gasteiger partial charge is 0.504 e. The monoisotopic (exact) mass is 264 g/mol. The van der Waals surface area contributed by atoms with Crippen molar-refractivity contribution < 1.29 is 9.84 Å². The number of ether oxygens (including phenoxy) is 1. The molecule has 1 fully saturated rings. The van der Waals surface area contributed by atoms with Gasteiger partial charge in [0.15, 0.2) is 11.5 Å². The fourth-order valence-electron chi connectivity index (χ4n) is 2.77. The first-order chi connectivity index (χ1) is 9.10. The van der Waals surface area contributed by atoms with Gasteiger partial charge in [-0.3, -0.25) is 0 Å². The summed E-state index contributed by atoms with van der Waals surface area (Å²) in [6, 6.07) is 5.65. The van der Waals surface area contributed by atoms with Crippen molar-refractivity contribution in [3.63, 3.8) is 0 Å². The van der Waals surface area contributed by atoms with Crippen molar-refractivity contribution in [3.05, 3.63) is 18.2 Å². The van der Waals surface area contributed by atoms with Crippen LogP contribution in [0.3, 0.4) is 0 Å². The zero-order chi connectivity index (χ0) is 13.8. The maximum atomic E-state index is 9.83. The Morgan fingerprint density at radius 3 is 2.53 bits per heavy atom. The highest BCUT2D eigenvalue weighted by Crippen LogP contribution is 2.32. The predicted molar refractivity (Wildman–Crippen MR) is 78.1 cm³/mol. The first kappa shape index (κ1) is 14.0. The molecule has 0 bridgehead atoms. The van der Waals surface area contributed by atoms with E-state index < -0.39 is 0 Å². The van der Waals surface area contributed by atoms with Crippen LogP contribution in [0.15, 0.2) is 18.2 Å². The number of nitrogens with zero attached hydrogens (tertiary/aromatic N) is 2. The number of rotatable bonds is 4. The molecule has 106 valence electrons. The zero-order valence-electron chi connectivity index (χ0n) is 12.1. The second kappa shape index (κ2) is 6.15. The molecule has 0 aromatic heterocycles. The van der Waals surface area contributed by atoms with Crippen molar-refractivity contribution in [2.75, 3.05) is 45.7 Å². The second-order valence-corrected chi connectivity index (χ2v) is 5.55. The molecule has 1 aromatic carbocycles. The van der Waals surface area contributed by atoms with Gasteiger partial charge in [0, 0.05) is 31.4 Å². The lowest BCUT2D eigenvalue weighted by Gasteiger charge is -2.34. The number of methoxy groups -OCH3 is 1. The molecule has 1 aromatic rings. The number of phenols is 1. The molecular weight excluding hydrogens is 240 g/mol. The van der Waals surface area contributed by atoms with Crippen LogP contribution in [0.2, 0.25) is 0 Å². The van der Waals surface area contributed by atoms with Crippen molar-refractivity contribution in [1.29, 1.82) is 0 Å². The third-order valence-electron chi connectivity index (χ3n) is 3.77. The molecule has 0 aliphatic carbocycles. The summed E-state index contributed by atoms with van der Waals surface area (Å²) in [4.78, 5) is 4.60. The van der Waals surface area contributed by atoms with Gasteiger partial charge in [-0.2, -0.15) is 0 Å². The van der Waals surface area contributed by atoms with Gasteiger partial charge < -0.3 is 19.6 Å². The fraction of sp³-hybridized carbons (Fsp3) is 0.600. The summed E-state index contributed by atoms with van der Waals surface area (Å²) in [7, 11) is 5.84. The highest BCUT2D eigenvalue weighted by molar-refractivity contribution is 5.56. The van der Waals surface area contributed by atoms with Crippen LogP contribution < -0.4 is 9.64 Å². The SMILES string of the molecule is COc1ccc(N2CCC(CN(C)C)CC2)cc1O. The molecule has 1 heterocycles. The summed E-state index contributed by atoms with van der Waals surface area (Å²) in [5.74, 6) is 1.54. The lowest BCUT2D eigenvalue weighted by atomic mass is 9.96. The van der Waals surface area contributed by atoms with Crippen LogP contribution in [0, 0.1) is 5.92 Å². The smallest absolute Gasteiger partial charge is 0.160 e. The van der Waals surface area contributed by atoms with Crippen molar-refractivity contribution in [3.8, 4) is 11.5 Å². The van der Waals surface area contributed by atoms with Crippen LogP contribution >= 0.6 is 0 Å². The highest BCUT2D eigenvalue weighted by Gasteiger charge is 2.20. The maximum Gasteiger partial charge on any atom is 0.160 e. The summed E-state index contributed by atoms with van der Waals surface area (Å²) in [6.45, 7) is 3.29. The average Bonchev–Trinajstić information content (AvgIpc) is 2.39. The van der Waals surface area contributed by atoms with Crippen LogP contribution in [0.25, 0.3) is 0 Å². The molecule has 0 radical (unpaired) electrons. The molecule has 1 saturated heterocycles. The van der Waals surface area contributed by atoms with E-state index in [2.05, 4.69) is 23.9 Å². The molecule has 0 spiro atoms. The summed E-state index contributed by atoms with van der Waals surface area (Å²) in [6.07, 6.45) is 2.43. The summed E-state index contributed by atoms with van der Waals surface area (Å²) >= 11 is 0. The molecule has 2 rings (SSSR count). The van der Waals surface area contributed by atoms with E-state index in [1.165, 1.54) is 19.4 Å². The minimum atomic E-state index is 0.218. The second-order valence-electron chi connectivity index (χ2n) is 5.55. The van der Waals surface area contributed by atoms with Crippen LogP contribution in [0.5, 0.6) is 11.5 Å². The van der Waals surface area contributed by atoms with Gasteiger partial charge in [-0.25, -0.2) is 0 Å². The van der Waals surface area contributed by atoms with E-state index in [0.29, 0.717) is 5.75 Å². The number of piperidine rings is 1. The van der Waals surface area contributed by atoms with Gasteiger partial charge in [0.25, 0.3) is 0 Å². The minimum Gasteiger partial charge on any atom is -0.504 e. The fourth-order valence-corrected chi connectivity index (χ4v) is 2.77. The van der Waals surface area contributed by atoms with Crippen molar-refractivity contribution >= 4 is 5.69 Å². The van der Waals surface area contributed by atoms with E-state index in [1.807, 2.05) is 12.1 Å². The third-order valence-corrected chi connectivity index (χ3v) is 3.77. The van der Waals surface area contributed by atoms with E-state index >= 15 is 0 Å². The number of phenolic OH excluding ortho intramolecular Hbond substituents is 1. The molecule has 1 N–H and O–H groups in total. The standard InChI is InChI=1S/C15H24N2O2/c1-16(2)11-12-6-8-17(9-7-12)13-4-5-15(19-3)14(18)10-13/h4-5,10,12,18H,6-9,11H2,1-3H3. The van der Waals surface area contributed by atoms with Crippen molar-refractivity contribution in [2.45, 2.75) is 12.8 Å². The zero-order valence-corrected chi connectivity index (χ0v) is 12.1. The van der Waals surface area contributed by atoms with E-state index in [4.69, 9.17) is 4.74 Å². The quantitative estimate of drug-likeness (QED) is 0.904. The van der Waals surface area contributed by atoms with Crippen molar-refractivity contribution in [1.82, 2.24) is 4.90 Å². The molecular formula is C15H24N2O2. The van der Waals surface area contributed by atoms with Gasteiger partial charge in [0.1, 0.15) is 0 Å². The molecule has 0 saturated carbocycles. The minimum absolute atomic E-state index is 0.218. The Balaban J connectivity index is 1.96. The molecule has 1 aliphatic rings. The Morgan fingerprint density at radius 2 is 2.00 bits per heavy atom. The lowest BCUT2D eigenvalue weighted by Crippen LogP contribution is -2.37. The molecule has 0 atom stereocenters. The Hall–Kier alpha value is -1.42. The Morgan fingerprint density at radius 1 is 1.32 bits per heavy atom. The summed E-state index contributed by atoms with van der Waals surface area (Å²) in [5.41, 5.74) is 1.08. The number of anilines is 1. The Kier molecular flexibility index (Phi) is 4.53. The summed E-state index contributed by atoms with van der Waals surface area (Å²) in [5, 5.41) is 9.83. The number of hydrogen-bond acceptors (Lipinski definition) is 4. The number of aromatic hydroxyl groups is 1. The topological polar surface area (TPSA) is 35.9 Å². The van der Waals surface area contributed by atoms with Crippen LogP contribution in [-0.4, -0.2) is 50.8 Å². The summed E-state index contributed by atoms with van der Waals surface area (Å²) < 4.78 is 5.07. The van der Waals surface area contributed by atoms with Gasteiger partial charge >= 0.3 is 0 Å². The van der Waals surface area contributed by atoms with E-state index in [9.17, 15) is 5.11 Å². The lowest BCUT2D eigenvalue weighted by molar-refractivity contribution is 0.285. The van der Waals surface area contributed by atoms with Gasteiger partial charge in [-0.05, 0) is 45.0 Å². The first-order valence-electron chi connectivity index (χ1n) is 6.87. The molecule has 1 aliphatic heterocycles. The first-order valence-corrected chi connectivity index (χ1v) is 6.87. The van der Waals surface area contributed by atoms with Gasteiger partial charge in [-0.15, -0.1) is 0 Å². The third kappa shape index (κ3) is 3.53. The van der Waals surface area contributed by atoms with Crippen LogP contribution in [0.4, 0.5) is 5.69 Å². The molecule has 0 unspecified atom stereocenters. The van der Waals surface area contributed by atoms with E-state index in [-0.39, 0.29) is 5.75 Å². The van der Waals surface area contributed by atoms with Crippen LogP contribution in [-0.2, 0) is 0 Å². The van der Waals surface area contributed by atoms with E-state index in [0.717, 1.165) is 24.7 Å². The number of hydrogen-bond donors (Lipinski definition) is 1. The molecule has 4 nitrogen and oxygen atoms in total. The Bertz CT molecular complexity index is 413. The number of benzene rings is 1. The van der Waals surface area contributed by atoms with Crippen molar-refractivity contribution in [2.24, 2.45) is 5.92 Å². The van der Waals surface area contributed by atoms with Gasteiger partial charge in [0.2, 0.25) is 0 Å². The predicted octanol–water partition coefficient (Wildman–Crippen LogP) is 2.18. The van der Waals surface area contributed by atoms with E-state index in [1.54, 1.807) is 13.2 Å².